The maximum Gasteiger partial charge on any atom is 0.412 e. The Hall–Kier alpha value is -2.30. The number of aromatic nitrogens is 1. The predicted octanol–water partition coefficient (Wildman–Crippen LogP) is 5.49. The van der Waals surface area contributed by atoms with Crippen LogP contribution in [0.25, 0.3) is 0 Å². The second kappa shape index (κ2) is 9.46. The van der Waals surface area contributed by atoms with Gasteiger partial charge in [0, 0.05) is 35.4 Å². The standard InChI is InChI=1S/C24H30BrN3O3/c1-16-13-17-9-6-7-10-19(17)22(28(16)23(29)31-24(2,3)4)30-12-8-11-21-20(25)14-18(15-26)27(21)5/h6-7,9-10,14,16,22H,8,11-13H2,1-5H3. The topological polar surface area (TPSA) is 67.5 Å². The largest absolute Gasteiger partial charge is 0.444 e. The summed E-state index contributed by atoms with van der Waals surface area (Å²) in [6, 6.07) is 12.1. The predicted molar refractivity (Wildman–Crippen MR) is 123 cm³/mol. The average Bonchev–Trinajstić information content (AvgIpc) is 2.96. The number of amides is 1. The first kappa shape index (κ1) is 23.4. The van der Waals surface area contributed by atoms with Gasteiger partial charge in [0.1, 0.15) is 17.4 Å². The van der Waals surface area contributed by atoms with Gasteiger partial charge in [-0.3, -0.25) is 4.90 Å². The number of rotatable bonds is 5. The van der Waals surface area contributed by atoms with Crippen LogP contribution in [0.1, 0.15) is 62.9 Å². The molecule has 1 amide bonds. The van der Waals surface area contributed by atoms with Crippen LogP contribution in [-0.2, 0) is 29.4 Å². The molecule has 6 nitrogen and oxygen atoms in total. The molecule has 0 bridgehead atoms. The Kier molecular flexibility index (Phi) is 7.13. The molecule has 3 rings (SSSR count). The van der Waals surface area contributed by atoms with E-state index in [0.29, 0.717) is 12.3 Å². The first-order valence-corrected chi connectivity index (χ1v) is 11.4. The summed E-state index contributed by atoms with van der Waals surface area (Å²) in [4.78, 5) is 14.7. The smallest absolute Gasteiger partial charge is 0.412 e. The second-order valence-electron chi connectivity index (χ2n) is 8.96. The van der Waals surface area contributed by atoms with Crippen LogP contribution >= 0.6 is 15.9 Å². The van der Waals surface area contributed by atoms with Gasteiger partial charge in [0.15, 0.2) is 6.23 Å². The van der Waals surface area contributed by atoms with Crippen molar-refractivity contribution in [2.45, 2.75) is 64.8 Å². The molecular formula is C24H30BrN3O3. The van der Waals surface area contributed by atoms with Gasteiger partial charge in [-0.15, -0.1) is 0 Å². The van der Waals surface area contributed by atoms with E-state index in [2.05, 4.69) is 28.1 Å². The maximum absolute atomic E-state index is 13.0. The number of halogens is 1. The van der Waals surface area contributed by atoms with E-state index in [1.54, 1.807) is 4.90 Å². The molecule has 1 aromatic carbocycles. The second-order valence-corrected chi connectivity index (χ2v) is 9.82. The molecule has 2 atom stereocenters. The summed E-state index contributed by atoms with van der Waals surface area (Å²) in [6.45, 7) is 8.12. The molecule has 0 saturated heterocycles. The Morgan fingerprint density at radius 1 is 1.32 bits per heavy atom. The van der Waals surface area contributed by atoms with Crippen molar-refractivity contribution in [3.05, 3.63) is 57.3 Å². The zero-order valence-corrected chi connectivity index (χ0v) is 20.4. The van der Waals surface area contributed by atoms with Gasteiger partial charge in [0.25, 0.3) is 0 Å². The normalized spacial score (nSPS) is 18.4. The van der Waals surface area contributed by atoms with E-state index in [4.69, 9.17) is 9.47 Å². The molecule has 0 saturated carbocycles. The molecule has 1 aromatic heterocycles. The number of benzene rings is 1. The molecule has 2 unspecified atom stereocenters. The van der Waals surface area contributed by atoms with Crippen LogP contribution in [-0.4, -0.2) is 33.8 Å². The molecule has 31 heavy (non-hydrogen) atoms. The zero-order valence-electron chi connectivity index (χ0n) is 18.8. The van der Waals surface area contributed by atoms with Crippen molar-refractivity contribution in [1.82, 2.24) is 9.47 Å². The number of hydrogen-bond donors (Lipinski definition) is 0. The Morgan fingerprint density at radius 2 is 2.03 bits per heavy atom. The molecule has 2 aromatic rings. The number of nitriles is 1. The Morgan fingerprint density at radius 3 is 2.68 bits per heavy atom. The fourth-order valence-corrected chi connectivity index (χ4v) is 4.63. The lowest BCUT2D eigenvalue weighted by Gasteiger charge is -2.41. The highest BCUT2D eigenvalue weighted by Gasteiger charge is 2.38. The zero-order chi connectivity index (χ0) is 22.8. The van der Waals surface area contributed by atoms with Gasteiger partial charge in [0.2, 0.25) is 0 Å². The van der Waals surface area contributed by atoms with Crippen molar-refractivity contribution < 1.29 is 14.3 Å². The molecule has 1 aliphatic heterocycles. The van der Waals surface area contributed by atoms with E-state index in [1.807, 2.05) is 63.6 Å². The van der Waals surface area contributed by atoms with E-state index in [9.17, 15) is 10.1 Å². The van der Waals surface area contributed by atoms with Crippen LogP contribution in [0.5, 0.6) is 0 Å². The SMILES string of the molecule is CC1Cc2ccccc2C(OCCCc2c(Br)cc(C#N)n2C)N1C(=O)OC(C)(C)C. The first-order chi connectivity index (χ1) is 14.6. The summed E-state index contributed by atoms with van der Waals surface area (Å²) in [6.07, 6.45) is 1.44. The van der Waals surface area contributed by atoms with Gasteiger partial charge in [-0.1, -0.05) is 24.3 Å². The van der Waals surface area contributed by atoms with Crippen molar-refractivity contribution in [3.63, 3.8) is 0 Å². The van der Waals surface area contributed by atoms with E-state index in [0.717, 1.165) is 35.0 Å². The van der Waals surface area contributed by atoms with Crippen LogP contribution in [0.4, 0.5) is 4.79 Å². The summed E-state index contributed by atoms with van der Waals surface area (Å²) >= 11 is 3.54. The minimum Gasteiger partial charge on any atom is -0.444 e. The van der Waals surface area contributed by atoms with Gasteiger partial charge < -0.3 is 14.0 Å². The van der Waals surface area contributed by atoms with Crippen LogP contribution < -0.4 is 0 Å². The highest BCUT2D eigenvalue weighted by molar-refractivity contribution is 9.10. The van der Waals surface area contributed by atoms with Gasteiger partial charge >= 0.3 is 6.09 Å². The van der Waals surface area contributed by atoms with Crippen LogP contribution in [0, 0.1) is 11.3 Å². The fraction of sp³-hybridized carbons (Fsp3) is 0.500. The van der Waals surface area contributed by atoms with Gasteiger partial charge in [-0.05, 0) is 74.5 Å². The molecule has 166 valence electrons. The molecule has 1 aliphatic rings. The number of hydrogen-bond acceptors (Lipinski definition) is 4. The minimum atomic E-state index is -0.574. The molecule has 0 N–H and O–H groups in total. The highest BCUT2D eigenvalue weighted by Crippen LogP contribution is 2.35. The number of carbonyl (C=O) groups is 1. The Bertz CT molecular complexity index is 987. The van der Waals surface area contributed by atoms with Crippen LogP contribution in [0.2, 0.25) is 0 Å². The fourth-order valence-electron chi connectivity index (χ4n) is 3.95. The van der Waals surface area contributed by atoms with Crippen molar-refractivity contribution in [3.8, 4) is 6.07 Å². The number of carbonyl (C=O) groups excluding carboxylic acids is 1. The lowest BCUT2D eigenvalue weighted by molar-refractivity contribution is -0.0898. The molecular weight excluding hydrogens is 458 g/mol. The van der Waals surface area contributed by atoms with E-state index in [1.165, 1.54) is 5.56 Å². The number of nitrogens with zero attached hydrogens (tertiary/aromatic N) is 3. The van der Waals surface area contributed by atoms with Gasteiger partial charge in [-0.2, -0.15) is 5.26 Å². The monoisotopic (exact) mass is 487 g/mol. The quantitative estimate of drug-likeness (QED) is 0.522. The van der Waals surface area contributed by atoms with E-state index in [-0.39, 0.29) is 12.1 Å². The van der Waals surface area contributed by atoms with Crippen LogP contribution in [0.3, 0.4) is 0 Å². The Balaban J connectivity index is 1.75. The molecule has 7 heteroatoms. The van der Waals surface area contributed by atoms with E-state index < -0.39 is 11.8 Å². The molecule has 2 heterocycles. The summed E-state index contributed by atoms with van der Waals surface area (Å²) in [5.41, 5.74) is 3.31. The van der Waals surface area contributed by atoms with Gasteiger partial charge in [0.05, 0.1) is 0 Å². The highest BCUT2D eigenvalue weighted by atomic mass is 79.9. The number of ether oxygens (including phenoxy) is 2. The summed E-state index contributed by atoms with van der Waals surface area (Å²) in [7, 11) is 1.89. The summed E-state index contributed by atoms with van der Waals surface area (Å²) in [5, 5.41) is 9.21. The number of fused-ring (bicyclic) bond motifs is 1. The third-order valence-corrected chi connectivity index (χ3v) is 6.11. The summed E-state index contributed by atoms with van der Waals surface area (Å²) in [5.74, 6) is 0. The molecule has 0 aliphatic carbocycles. The first-order valence-electron chi connectivity index (χ1n) is 10.6. The molecule has 0 spiro atoms. The maximum atomic E-state index is 13.0. The van der Waals surface area contributed by atoms with Crippen molar-refractivity contribution in [2.75, 3.05) is 6.61 Å². The lowest BCUT2D eigenvalue weighted by atomic mass is 9.93. The average molecular weight is 488 g/mol. The van der Waals surface area contributed by atoms with Crippen molar-refractivity contribution in [2.24, 2.45) is 7.05 Å². The van der Waals surface area contributed by atoms with Crippen molar-refractivity contribution in [1.29, 1.82) is 5.26 Å². The van der Waals surface area contributed by atoms with Crippen molar-refractivity contribution >= 4 is 22.0 Å². The minimum absolute atomic E-state index is 0.0324. The Labute approximate surface area is 192 Å². The third kappa shape index (κ3) is 5.31. The summed E-state index contributed by atoms with van der Waals surface area (Å²) < 4.78 is 14.8. The van der Waals surface area contributed by atoms with Gasteiger partial charge in [-0.25, -0.2) is 4.79 Å². The third-order valence-electron chi connectivity index (χ3n) is 5.42. The van der Waals surface area contributed by atoms with Crippen LogP contribution in [0.15, 0.2) is 34.8 Å². The lowest BCUT2D eigenvalue weighted by Crippen LogP contribution is -2.48. The molecule has 0 radical (unpaired) electrons. The molecule has 0 fully saturated rings. The van der Waals surface area contributed by atoms with E-state index >= 15 is 0 Å².